The van der Waals surface area contributed by atoms with E-state index in [1.807, 2.05) is 27.7 Å². The second kappa shape index (κ2) is 4.08. The van der Waals surface area contributed by atoms with Crippen molar-refractivity contribution in [2.45, 2.75) is 82.8 Å². The summed E-state index contributed by atoms with van der Waals surface area (Å²) in [6, 6.07) is -0.504. The van der Waals surface area contributed by atoms with Crippen molar-refractivity contribution >= 4 is 6.09 Å². The monoisotopic (exact) mass is 272 g/mol. The number of carbonyl (C=O) groups is 1. The van der Waals surface area contributed by atoms with Gasteiger partial charge in [0.15, 0.2) is 0 Å². The first kappa shape index (κ1) is 14.6. The van der Waals surface area contributed by atoms with E-state index in [0.717, 1.165) is 6.42 Å². The van der Waals surface area contributed by atoms with Crippen molar-refractivity contribution in [2.75, 3.05) is 0 Å². The fraction of sp³-hybridized carbons (Fsp3) is 0.929. The van der Waals surface area contributed by atoms with Crippen LogP contribution in [-0.4, -0.2) is 39.9 Å². The molecule has 2 N–H and O–H groups in total. The van der Waals surface area contributed by atoms with Gasteiger partial charge in [0.1, 0.15) is 11.8 Å². The number of nitrogens with two attached hydrogens (primary N) is 1. The van der Waals surface area contributed by atoms with E-state index in [-0.39, 0.29) is 5.54 Å². The van der Waals surface area contributed by atoms with E-state index in [9.17, 15) is 9.18 Å². The standard InChI is InChI=1S/C14H25FN2O2/c1-12(2,3)19-11(18)17-13(4)6-7-14(17,5)10(15)9(16)8-13/h9-10H,6-8,16H2,1-5H3/t9-,10-,13-,14+/m0/s1. The number of fused-ring (bicyclic) bond motifs is 2. The van der Waals surface area contributed by atoms with Gasteiger partial charge in [0.05, 0.1) is 5.54 Å². The van der Waals surface area contributed by atoms with Crippen LogP contribution in [0.4, 0.5) is 9.18 Å². The van der Waals surface area contributed by atoms with E-state index in [1.165, 1.54) is 0 Å². The Kier molecular flexibility index (Phi) is 3.12. The highest BCUT2D eigenvalue weighted by atomic mass is 19.1. The molecule has 0 spiro atoms. The molecule has 2 saturated heterocycles. The highest BCUT2D eigenvalue weighted by molar-refractivity contribution is 5.71. The number of hydrogen-bond donors (Lipinski definition) is 1. The third-order valence-electron chi connectivity index (χ3n) is 4.44. The predicted molar refractivity (Wildman–Crippen MR) is 71.6 cm³/mol. The largest absolute Gasteiger partial charge is 0.444 e. The Morgan fingerprint density at radius 1 is 1.37 bits per heavy atom. The molecule has 5 heteroatoms. The van der Waals surface area contributed by atoms with Gasteiger partial charge in [-0.25, -0.2) is 9.18 Å². The molecule has 2 rings (SSSR count). The number of halogens is 1. The number of amides is 1. The lowest BCUT2D eigenvalue weighted by molar-refractivity contribution is -0.0655. The van der Waals surface area contributed by atoms with Crippen molar-refractivity contribution < 1.29 is 13.9 Å². The first-order chi connectivity index (χ1) is 8.50. The van der Waals surface area contributed by atoms with Crippen LogP contribution < -0.4 is 5.73 Å². The molecule has 0 aliphatic carbocycles. The van der Waals surface area contributed by atoms with Crippen LogP contribution in [0.25, 0.3) is 0 Å². The summed E-state index contributed by atoms with van der Waals surface area (Å²) < 4.78 is 19.9. The minimum Gasteiger partial charge on any atom is -0.444 e. The van der Waals surface area contributed by atoms with Crippen LogP contribution in [0.15, 0.2) is 0 Å². The van der Waals surface area contributed by atoms with E-state index >= 15 is 0 Å². The van der Waals surface area contributed by atoms with Crippen molar-refractivity contribution in [3.05, 3.63) is 0 Å². The van der Waals surface area contributed by atoms with Gasteiger partial charge in [-0.05, 0) is 53.9 Å². The molecule has 0 unspecified atom stereocenters. The Bertz CT molecular complexity index is 395. The van der Waals surface area contributed by atoms with Crippen molar-refractivity contribution in [2.24, 2.45) is 5.73 Å². The first-order valence-electron chi connectivity index (χ1n) is 6.93. The highest BCUT2D eigenvalue weighted by Crippen LogP contribution is 2.51. The topological polar surface area (TPSA) is 55.6 Å². The van der Waals surface area contributed by atoms with E-state index in [2.05, 4.69) is 0 Å². The Morgan fingerprint density at radius 2 is 1.95 bits per heavy atom. The minimum atomic E-state index is -1.20. The molecular formula is C14H25FN2O2. The molecule has 4 atom stereocenters. The Hall–Kier alpha value is -0.840. The second-order valence-corrected chi connectivity index (χ2v) is 7.44. The molecular weight excluding hydrogens is 247 g/mol. The molecule has 0 aromatic rings. The molecule has 2 fully saturated rings. The van der Waals surface area contributed by atoms with Gasteiger partial charge in [-0.1, -0.05) is 0 Å². The van der Waals surface area contributed by atoms with Gasteiger partial charge in [0.2, 0.25) is 0 Å². The van der Waals surface area contributed by atoms with Gasteiger partial charge in [-0.15, -0.1) is 0 Å². The smallest absolute Gasteiger partial charge is 0.411 e. The number of rotatable bonds is 0. The average Bonchev–Trinajstić information content (AvgIpc) is 2.43. The maximum Gasteiger partial charge on any atom is 0.411 e. The second-order valence-electron chi connectivity index (χ2n) is 7.44. The van der Waals surface area contributed by atoms with Gasteiger partial charge in [0, 0.05) is 11.6 Å². The molecule has 2 aliphatic rings. The number of ether oxygens (including phenoxy) is 1. The zero-order valence-corrected chi connectivity index (χ0v) is 12.5. The number of carbonyl (C=O) groups excluding carboxylic acids is 1. The predicted octanol–water partition coefficient (Wildman–Crippen LogP) is 2.60. The zero-order chi connectivity index (χ0) is 14.6. The Morgan fingerprint density at radius 3 is 2.47 bits per heavy atom. The lowest BCUT2D eigenvalue weighted by atomic mass is 9.81. The maximum absolute atomic E-state index is 14.5. The number of alkyl halides is 1. The quantitative estimate of drug-likeness (QED) is 0.737. The van der Waals surface area contributed by atoms with Crippen LogP contribution in [-0.2, 0) is 4.74 Å². The molecule has 0 radical (unpaired) electrons. The summed E-state index contributed by atoms with van der Waals surface area (Å²) in [5.41, 5.74) is 4.10. The molecule has 2 aliphatic heterocycles. The summed E-state index contributed by atoms with van der Waals surface area (Å²) in [7, 11) is 0. The van der Waals surface area contributed by atoms with Gasteiger partial charge < -0.3 is 10.5 Å². The van der Waals surface area contributed by atoms with Gasteiger partial charge in [-0.2, -0.15) is 0 Å². The number of nitrogens with zero attached hydrogens (tertiary/aromatic N) is 1. The van der Waals surface area contributed by atoms with E-state index in [0.29, 0.717) is 12.8 Å². The molecule has 0 aromatic heterocycles. The lowest BCUT2D eigenvalue weighted by Crippen LogP contribution is -2.68. The molecule has 4 nitrogen and oxygen atoms in total. The molecule has 2 bridgehead atoms. The number of piperidine rings is 1. The molecule has 0 aromatic carbocycles. The summed E-state index contributed by atoms with van der Waals surface area (Å²) >= 11 is 0. The summed E-state index contributed by atoms with van der Waals surface area (Å²) in [6.07, 6.45) is 0.275. The third-order valence-corrected chi connectivity index (χ3v) is 4.44. The molecule has 2 heterocycles. The average molecular weight is 272 g/mol. The van der Waals surface area contributed by atoms with E-state index in [1.54, 1.807) is 11.8 Å². The molecule has 1 amide bonds. The van der Waals surface area contributed by atoms with E-state index in [4.69, 9.17) is 10.5 Å². The SMILES string of the molecule is CC(C)(C)OC(=O)N1[C@@]2(C)CC[C@]1(C)[C@@H](F)[C@@H](N)C2. The van der Waals surface area contributed by atoms with Crippen LogP contribution in [0.3, 0.4) is 0 Å². The minimum absolute atomic E-state index is 0.390. The van der Waals surface area contributed by atoms with Crippen LogP contribution in [0.5, 0.6) is 0 Å². The molecule has 110 valence electrons. The van der Waals surface area contributed by atoms with Crippen LogP contribution in [0.1, 0.15) is 53.9 Å². The van der Waals surface area contributed by atoms with Gasteiger partial charge >= 0.3 is 6.09 Å². The normalized spacial score (nSPS) is 42.4. The first-order valence-corrected chi connectivity index (χ1v) is 6.93. The fourth-order valence-electron chi connectivity index (χ4n) is 3.63. The van der Waals surface area contributed by atoms with Gasteiger partial charge in [-0.3, -0.25) is 4.90 Å². The summed E-state index contributed by atoms with van der Waals surface area (Å²) in [5, 5.41) is 0. The third kappa shape index (κ3) is 2.22. The van der Waals surface area contributed by atoms with Crippen LogP contribution >= 0.6 is 0 Å². The zero-order valence-electron chi connectivity index (χ0n) is 12.5. The van der Waals surface area contributed by atoms with Gasteiger partial charge in [0.25, 0.3) is 0 Å². The van der Waals surface area contributed by atoms with Crippen molar-refractivity contribution in [1.82, 2.24) is 4.90 Å². The summed E-state index contributed by atoms with van der Waals surface area (Å²) in [5.74, 6) is 0. The number of hydrogen-bond acceptors (Lipinski definition) is 3. The summed E-state index contributed by atoms with van der Waals surface area (Å²) in [4.78, 5) is 14.0. The molecule has 0 saturated carbocycles. The molecule has 19 heavy (non-hydrogen) atoms. The Balaban J connectivity index is 2.32. The van der Waals surface area contributed by atoms with Crippen molar-refractivity contribution in [3.8, 4) is 0 Å². The summed E-state index contributed by atoms with van der Waals surface area (Å²) in [6.45, 7) is 9.22. The maximum atomic E-state index is 14.5. The lowest BCUT2D eigenvalue weighted by Gasteiger charge is -2.51. The highest BCUT2D eigenvalue weighted by Gasteiger charge is 2.62. The van der Waals surface area contributed by atoms with E-state index < -0.39 is 29.4 Å². The van der Waals surface area contributed by atoms with Crippen LogP contribution in [0, 0.1) is 0 Å². The fourth-order valence-corrected chi connectivity index (χ4v) is 3.63. The van der Waals surface area contributed by atoms with Crippen LogP contribution in [0.2, 0.25) is 0 Å². The Labute approximate surface area is 114 Å². The van der Waals surface area contributed by atoms with Crippen molar-refractivity contribution in [1.29, 1.82) is 0 Å². The van der Waals surface area contributed by atoms with Crippen molar-refractivity contribution in [3.63, 3.8) is 0 Å².